The molecule has 0 fully saturated rings. The van der Waals surface area contributed by atoms with Crippen LogP contribution in [0.25, 0.3) is 6.08 Å². The molecular weight excluding hydrogens is 364 g/mol. The van der Waals surface area contributed by atoms with Crippen molar-refractivity contribution in [3.8, 4) is 28.7 Å². The second-order valence-corrected chi connectivity index (χ2v) is 7.32. The standard InChI is InChI=1S/C21H20O7/c1-21(2)7-6-12-14(28-21)9-15-16(17(12)23)18(24)19(25)20(27-15)11-5-4-10(26-3)8-13(11)22/h4-9,19-20,22-23,25H,1-3H3/t19-,20+/m0/s1. The first-order valence-electron chi connectivity index (χ1n) is 8.76. The summed E-state index contributed by atoms with van der Waals surface area (Å²) in [6, 6.07) is 5.99. The van der Waals surface area contributed by atoms with E-state index in [1.54, 1.807) is 18.2 Å². The average Bonchev–Trinajstić information content (AvgIpc) is 2.63. The number of carbonyl (C=O) groups excluding carboxylic acids is 1. The molecule has 2 aromatic rings. The number of fused-ring (bicyclic) bond motifs is 2. The molecule has 0 aliphatic carbocycles. The van der Waals surface area contributed by atoms with Crippen molar-refractivity contribution in [2.45, 2.75) is 31.7 Å². The van der Waals surface area contributed by atoms with Gasteiger partial charge in [0.2, 0.25) is 5.78 Å². The lowest BCUT2D eigenvalue weighted by Gasteiger charge is -2.33. The summed E-state index contributed by atoms with van der Waals surface area (Å²) in [5.41, 5.74) is -0.110. The molecule has 2 atom stereocenters. The lowest BCUT2D eigenvalue weighted by atomic mass is 9.90. The fraction of sp³-hybridized carbons (Fsp3) is 0.286. The Kier molecular flexibility index (Phi) is 4.01. The van der Waals surface area contributed by atoms with Crippen LogP contribution in [0.1, 0.15) is 41.4 Å². The van der Waals surface area contributed by atoms with Crippen LogP contribution in [0.3, 0.4) is 0 Å². The van der Waals surface area contributed by atoms with E-state index in [0.29, 0.717) is 17.1 Å². The van der Waals surface area contributed by atoms with Gasteiger partial charge in [0.1, 0.15) is 39.9 Å². The maximum absolute atomic E-state index is 12.8. The number of hydrogen-bond acceptors (Lipinski definition) is 7. The first-order valence-corrected chi connectivity index (χ1v) is 8.76. The fourth-order valence-corrected chi connectivity index (χ4v) is 3.43. The molecule has 7 nitrogen and oxygen atoms in total. The van der Waals surface area contributed by atoms with Crippen molar-refractivity contribution in [2.24, 2.45) is 0 Å². The van der Waals surface area contributed by atoms with Crippen LogP contribution >= 0.6 is 0 Å². The van der Waals surface area contributed by atoms with Gasteiger partial charge in [-0.25, -0.2) is 0 Å². The van der Waals surface area contributed by atoms with Crippen molar-refractivity contribution in [1.29, 1.82) is 0 Å². The number of aliphatic hydroxyl groups excluding tert-OH is 1. The molecule has 146 valence electrons. The summed E-state index contributed by atoms with van der Waals surface area (Å²) in [7, 11) is 1.46. The minimum absolute atomic E-state index is 0.0814. The highest BCUT2D eigenvalue weighted by molar-refractivity contribution is 6.07. The fourth-order valence-electron chi connectivity index (χ4n) is 3.43. The molecule has 2 aromatic carbocycles. The SMILES string of the molecule is COc1ccc([C@H]2Oc3cc4c(c(O)c3C(=O)[C@@H]2O)C=CC(C)(C)O4)c(O)c1. The second-order valence-electron chi connectivity index (χ2n) is 7.32. The quantitative estimate of drug-likeness (QED) is 0.731. The van der Waals surface area contributed by atoms with Crippen LogP contribution < -0.4 is 14.2 Å². The number of carbonyl (C=O) groups is 1. The predicted molar refractivity (Wildman–Crippen MR) is 100 cm³/mol. The number of ether oxygens (including phenoxy) is 3. The topological polar surface area (TPSA) is 105 Å². The number of ketones is 1. The van der Waals surface area contributed by atoms with Crippen molar-refractivity contribution < 1.29 is 34.3 Å². The molecule has 0 amide bonds. The molecule has 0 saturated heterocycles. The maximum atomic E-state index is 12.8. The lowest BCUT2D eigenvalue weighted by molar-refractivity contribution is 0.0201. The Morgan fingerprint density at radius 3 is 2.57 bits per heavy atom. The monoisotopic (exact) mass is 384 g/mol. The van der Waals surface area contributed by atoms with Gasteiger partial charge in [-0.3, -0.25) is 4.79 Å². The Hall–Kier alpha value is -3.19. The smallest absolute Gasteiger partial charge is 0.202 e. The first-order chi connectivity index (χ1) is 13.2. The van der Waals surface area contributed by atoms with Gasteiger partial charge in [-0.2, -0.15) is 0 Å². The van der Waals surface area contributed by atoms with Gasteiger partial charge in [0.25, 0.3) is 0 Å². The summed E-state index contributed by atoms with van der Waals surface area (Å²) in [4.78, 5) is 12.8. The number of phenolic OH excluding ortho intramolecular Hbond substituents is 2. The van der Waals surface area contributed by atoms with Crippen molar-refractivity contribution >= 4 is 11.9 Å². The molecule has 0 saturated carbocycles. The van der Waals surface area contributed by atoms with Crippen LogP contribution in [0, 0.1) is 0 Å². The predicted octanol–water partition coefficient (Wildman–Crippen LogP) is 2.97. The third-order valence-electron chi connectivity index (χ3n) is 4.89. The van der Waals surface area contributed by atoms with E-state index in [1.807, 2.05) is 13.8 Å². The number of aromatic hydroxyl groups is 2. The van der Waals surface area contributed by atoms with E-state index in [4.69, 9.17) is 14.2 Å². The molecule has 28 heavy (non-hydrogen) atoms. The number of rotatable bonds is 2. The maximum Gasteiger partial charge on any atom is 0.202 e. The van der Waals surface area contributed by atoms with Crippen molar-refractivity contribution in [3.05, 3.63) is 47.0 Å². The van der Waals surface area contributed by atoms with Crippen LogP contribution in [-0.2, 0) is 0 Å². The normalized spacial score (nSPS) is 21.9. The van der Waals surface area contributed by atoms with Crippen LogP contribution in [0.4, 0.5) is 0 Å². The summed E-state index contributed by atoms with van der Waals surface area (Å²) in [5.74, 6) is -0.307. The molecule has 0 aromatic heterocycles. The van der Waals surface area contributed by atoms with Crippen molar-refractivity contribution in [3.63, 3.8) is 0 Å². The zero-order valence-electron chi connectivity index (χ0n) is 15.6. The molecule has 2 heterocycles. The highest BCUT2D eigenvalue weighted by Gasteiger charge is 2.42. The van der Waals surface area contributed by atoms with Crippen molar-refractivity contribution in [2.75, 3.05) is 7.11 Å². The minimum atomic E-state index is -1.60. The van der Waals surface area contributed by atoms with E-state index in [9.17, 15) is 20.1 Å². The molecule has 4 rings (SSSR count). The molecule has 2 aliphatic rings. The van der Waals surface area contributed by atoms with Gasteiger partial charge in [0, 0.05) is 17.7 Å². The Morgan fingerprint density at radius 1 is 1.14 bits per heavy atom. The average molecular weight is 384 g/mol. The van der Waals surface area contributed by atoms with Gasteiger partial charge >= 0.3 is 0 Å². The van der Waals surface area contributed by atoms with Gasteiger partial charge in [0.05, 0.1) is 12.7 Å². The van der Waals surface area contributed by atoms with E-state index in [0.717, 1.165) is 0 Å². The van der Waals surface area contributed by atoms with Crippen LogP contribution in [-0.4, -0.2) is 39.9 Å². The lowest BCUT2D eigenvalue weighted by Crippen LogP contribution is -2.36. The molecular formula is C21H20O7. The van der Waals surface area contributed by atoms with Crippen LogP contribution in [0.15, 0.2) is 30.3 Å². The summed E-state index contributed by atoms with van der Waals surface area (Å²) in [6.45, 7) is 3.72. The third kappa shape index (κ3) is 2.75. The molecule has 0 radical (unpaired) electrons. The van der Waals surface area contributed by atoms with Crippen molar-refractivity contribution in [1.82, 2.24) is 0 Å². The van der Waals surface area contributed by atoms with E-state index in [-0.39, 0.29) is 28.4 Å². The Balaban J connectivity index is 1.81. The van der Waals surface area contributed by atoms with E-state index < -0.39 is 23.6 Å². The Labute approximate surface area is 161 Å². The van der Waals surface area contributed by atoms with E-state index >= 15 is 0 Å². The number of phenols is 2. The number of hydrogen-bond donors (Lipinski definition) is 3. The van der Waals surface area contributed by atoms with Gasteiger partial charge in [-0.15, -0.1) is 0 Å². The zero-order valence-corrected chi connectivity index (χ0v) is 15.6. The third-order valence-corrected chi connectivity index (χ3v) is 4.89. The summed E-state index contributed by atoms with van der Waals surface area (Å²) in [6.07, 6.45) is 0.705. The molecule has 0 spiro atoms. The first kappa shape index (κ1) is 18.2. The summed E-state index contributed by atoms with van der Waals surface area (Å²) < 4.78 is 16.7. The highest BCUT2D eigenvalue weighted by atomic mass is 16.5. The van der Waals surface area contributed by atoms with E-state index in [2.05, 4.69) is 0 Å². The highest BCUT2D eigenvalue weighted by Crippen LogP contribution is 2.48. The van der Waals surface area contributed by atoms with Gasteiger partial charge in [0.15, 0.2) is 12.2 Å². The summed E-state index contributed by atoms with van der Waals surface area (Å²) in [5, 5.41) is 31.4. The summed E-state index contributed by atoms with van der Waals surface area (Å²) >= 11 is 0. The zero-order chi connectivity index (χ0) is 20.2. The number of Topliss-reactive ketones (excluding diaryl/α,β-unsaturated/α-hetero) is 1. The number of benzene rings is 2. The number of aliphatic hydroxyl groups is 1. The molecule has 7 heteroatoms. The second kappa shape index (κ2) is 6.17. The molecule has 3 N–H and O–H groups in total. The Morgan fingerprint density at radius 2 is 1.89 bits per heavy atom. The number of methoxy groups -OCH3 is 1. The molecule has 0 bridgehead atoms. The Bertz CT molecular complexity index is 1010. The van der Waals surface area contributed by atoms with Crippen LogP contribution in [0.2, 0.25) is 0 Å². The van der Waals surface area contributed by atoms with Crippen LogP contribution in [0.5, 0.6) is 28.7 Å². The van der Waals surface area contributed by atoms with Gasteiger partial charge in [-0.1, -0.05) is 0 Å². The molecule has 0 unspecified atom stereocenters. The minimum Gasteiger partial charge on any atom is -0.507 e. The van der Waals surface area contributed by atoms with Gasteiger partial charge < -0.3 is 29.5 Å². The molecule has 2 aliphatic heterocycles. The largest absolute Gasteiger partial charge is 0.507 e. The van der Waals surface area contributed by atoms with E-state index in [1.165, 1.54) is 25.3 Å². The van der Waals surface area contributed by atoms with Gasteiger partial charge in [-0.05, 0) is 38.1 Å².